The molecule has 0 aromatic carbocycles. The molecule has 0 aromatic rings. The SMILES string of the molecule is COC(=O)C[C@@]1(C)CC[C@H](O[Si](C)(C)C(C)(C)C)C=C1CCC=C(C)C. The molecule has 4 heteroatoms. The van der Waals surface area contributed by atoms with E-state index in [1.165, 1.54) is 18.3 Å². The minimum atomic E-state index is -1.80. The Morgan fingerprint density at radius 1 is 1.35 bits per heavy atom. The highest BCUT2D eigenvalue weighted by Crippen LogP contribution is 2.45. The quantitative estimate of drug-likeness (QED) is 0.291. The maximum atomic E-state index is 12.0. The minimum Gasteiger partial charge on any atom is -0.469 e. The molecule has 0 unspecified atom stereocenters. The summed E-state index contributed by atoms with van der Waals surface area (Å²) in [5, 5.41) is 0.204. The van der Waals surface area contributed by atoms with Gasteiger partial charge in [-0.05, 0) is 63.1 Å². The largest absolute Gasteiger partial charge is 0.469 e. The molecule has 0 aliphatic heterocycles. The summed E-state index contributed by atoms with van der Waals surface area (Å²) in [7, 11) is -0.328. The number of rotatable bonds is 7. The lowest BCUT2D eigenvalue weighted by atomic mass is 9.69. The third kappa shape index (κ3) is 6.38. The van der Waals surface area contributed by atoms with Crippen molar-refractivity contribution < 1.29 is 14.0 Å². The van der Waals surface area contributed by atoms with Crippen molar-refractivity contribution in [3.8, 4) is 0 Å². The molecule has 26 heavy (non-hydrogen) atoms. The molecule has 0 saturated heterocycles. The molecule has 3 nitrogen and oxygen atoms in total. The van der Waals surface area contributed by atoms with Crippen LogP contribution in [0, 0.1) is 5.41 Å². The highest BCUT2D eigenvalue weighted by molar-refractivity contribution is 6.74. The van der Waals surface area contributed by atoms with Crippen LogP contribution in [0.15, 0.2) is 23.3 Å². The van der Waals surface area contributed by atoms with Gasteiger partial charge in [0, 0.05) is 0 Å². The summed E-state index contributed by atoms with van der Waals surface area (Å²) < 4.78 is 11.6. The van der Waals surface area contributed by atoms with Crippen molar-refractivity contribution in [1.82, 2.24) is 0 Å². The summed E-state index contributed by atoms with van der Waals surface area (Å²) in [5.74, 6) is -0.121. The number of hydrogen-bond acceptors (Lipinski definition) is 3. The molecule has 0 saturated carbocycles. The summed E-state index contributed by atoms with van der Waals surface area (Å²) in [4.78, 5) is 12.0. The first-order chi connectivity index (χ1) is 11.8. The number of carbonyl (C=O) groups is 1. The Morgan fingerprint density at radius 2 is 1.96 bits per heavy atom. The molecule has 1 aliphatic carbocycles. The van der Waals surface area contributed by atoms with Crippen molar-refractivity contribution >= 4 is 14.3 Å². The van der Waals surface area contributed by atoms with E-state index in [9.17, 15) is 4.79 Å². The Hall–Kier alpha value is -0.873. The van der Waals surface area contributed by atoms with E-state index < -0.39 is 8.32 Å². The Morgan fingerprint density at radius 3 is 2.46 bits per heavy atom. The topological polar surface area (TPSA) is 35.5 Å². The molecule has 0 heterocycles. The van der Waals surface area contributed by atoms with E-state index in [2.05, 4.69) is 66.8 Å². The van der Waals surface area contributed by atoms with Crippen molar-refractivity contribution in [2.75, 3.05) is 7.11 Å². The number of hydrogen-bond donors (Lipinski definition) is 0. The van der Waals surface area contributed by atoms with Crippen LogP contribution >= 0.6 is 0 Å². The highest BCUT2D eigenvalue weighted by Gasteiger charge is 2.41. The van der Waals surface area contributed by atoms with E-state index in [1.807, 2.05) is 0 Å². The second kappa shape index (κ2) is 8.88. The van der Waals surface area contributed by atoms with E-state index in [0.29, 0.717) is 6.42 Å². The van der Waals surface area contributed by atoms with Crippen LogP contribution in [0.2, 0.25) is 18.1 Å². The van der Waals surface area contributed by atoms with E-state index in [0.717, 1.165) is 25.7 Å². The molecule has 1 aliphatic rings. The number of methoxy groups -OCH3 is 1. The van der Waals surface area contributed by atoms with Crippen LogP contribution < -0.4 is 0 Å². The number of carbonyl (C=O) groups excluding carboxylic acids is 1. The maximum Gasteiger partial charge on any atom is 0.306 e. The Balaban J connectivity index is 3.04. The molecule has 1 rings (SSSR count). The van der Waals surface area contributed by atoms with Gasteiger partial charge in [0.25, 0.3) is 0 Å². The van der Waals surface area contributed by atoms with Crippen LogP contribution in [0.1, 0.15) is 73.6 Å². The monoisotopic (exact) mass is 380 g/mol. The summed E-state index contributed by atoms with van der Waals surface area (Å²) in [6.45, 7) is 17.9. The molecule has 0 amide bonds. The number of esters is 1. The normalized spacial score (nSPS) is 24.0. The Kier molecular flexibility index (Phi) is 7.91. The fourth-order valence-corrected chi connectivity index (χ4v) is 4.57. The maximum absolute atomic E-state index is 12.0. The van der Waals surface area contributed by atoms with Crippen LogP contribution in [0.3, 0.4) is 0 Å². The predicted octanol–water partition coefficient (Wildman–Crippen LogP) is 6.41. The molecular formula is C22H40O3Si. The van der Waals surface area contributed by atoms with E-state index in [1.54, 1.807) is 0 Å². The van der Waals surface area contributed by atoms with Gasteiger partial charge in [0.05, 0.1) is 19.6 Å². The average Bonchev–Trinajstić information content (AvgIpc) is 2.48. The van der Waals surface area contributed by atoms with E-state index in [-0.39, 0.29) is 22.5 Å². The first-order valence-electron chi connectivity index (χ1n) is 9.90. The average molecular weight is 381 g/mol. The third-order valence-electron chi connectivity index (χ3n) is 6.12. The lowest BCUT2D eigenvalue weighted by Gasteiger charge is -2.43. The molecule has 0 fully saturated rings. The van der Waals surface area contributed by atoms with Gasteiger partial charge in [-0.25, -0.2) is 0 Å². The van der Waals surface area contributed by atoms with Gasteiger partial charge in [-0.15, -0.1) is 0 Å². The molecule has 0 N–H and O–H groups in total. The van der Waals surface area contributed by atoms with Crippen LogP contribution in [0.5, 0.6) is 0 Å². The Bertz CT molecular complexity index is 550. The summed E-state index contributed by atoms with van der Waals surface area (Å²) in [6.07, 6.45) is 9.17. The lowest BCUT2D eigenvalue weighted by Crippen LogP contribution is -2.45. The van der Waals surface area contributed by atoms with Crippen LogP contribution in [0.4, 0.5) is 0 Å². The highest BCUT2D eigenvalue weighted by atomic mass is 28.4. The van der Waals surface area contributed by atoms with Crippen molar-refractivity contribution in [3.63, 3.8) is 0 Å². The van der Waals surface area contributed by atoms with Crippen LogP contribution in [-0.2, 0) is 14.0 Å². The standard InChI is InChI=1S/C22H40O3Si/c1-17(2)11-10-12-18-15-19(25-26(8,9)21(3,4)5)13-14-22(18,6)16-20(23)24-7/h11,15,19H,10,12-14,16H2,1-9H3/t19-,22+/m0/s1. The Labute approximate surface area is 162 Å². The van der Waals surface area contributed by atoms with Crippen molar-refractivity contribution in [3.05, 3.63) is 23.3 Å². The predicted molar refractivity (Wildman–Crippen MR) is 113 cm³/mol. The van der Waals surface area contributed by atoms with Gasteiger partial charge in [0.15, 0.2) is 8.32 Å². The van der Waals surface area contributed by atoms with Gasteiger partial charge < -0.3 is 9.16 Å². The van der Waals surface area contributed by atoms with Gasteiger partial charge in [-0.1, -0.05) is 51.0 Å². The number of allylic oxidation sites excluding steroid dienone is 3. The van der Waals surface area contributed by atoms with Gasteiger partial charge in [-0.3, -0.25) is 4.79 Å². The van der Waals surface area contributed by atoms with Gasteiger partial charge in [0.2, 0.25) is 0 Å². The van der Waals surface area contributed by atoms with Gasteiger partial charge >= 0.3 is 5.97 Å². The van der Waals surface area contributed by atoms with Crippen molar-refractivity contribution in [2.24, 2.45) is 5.41 Å². The summed E-state index contributed by atoms with van der Waals surface area (Å²) >= 11 is 0. The van der Waals surface area contributed by atoms with Crippen LogP contribution in [-0.4, -0.2) is 27.5 Å². The summed E-state index contributed by atoms with van der Waals surface area (Å²) in [6, 6.07) is 0. The van der Waals surface area contributed by atoms with Crippen molar-refractivity contribution in [2.45, 2.75) is 97.9 Å². The van der Waals surface area contributed by atoms with Gasteiger partial charge in [-0.2, -0.15) is 0 Å². The van der Waals surface area contributed by atoms with Gasteiger partial charge in [0.1, 0.15) is 0 Å². The molecule has 0 bridgehead atoms. The van der Waals surface area contributed by atoms with E-state index >= 15 is 0 Å². The second-order valence-corrected chi connectivity index (χ2v) is 14.5. The molecule has 0 aromatic heterocycles. The first-order valence-corrected chi connectivity index (χ1v) is 12.8. The molecule has 2 atom stereocenters. The lowest BCUT2D eigenvalue weighted by molar-refractivity contribution is -0.142. The second-order valence-electron chi connectivity index (χ2n) is 9.78. The summed E-state index contributed by atoms with van der Waals surface area (Å²) in [5.41, 5.74) is 2.58. The zero-order valence-electron chi connectivity index (χ0n) is 18.5. The zero-order chi connectivity index (χ0) is 20.2. The first kappa shape index (κ1) is 23.2. The number of ether oxygens (including phenoxy) is 1. The fourth-order valence-electron chi connectivity index (χ4n) is 3.27. The molecule has 0 spiro atoms. The van der Waals surface area contributed by atoms with Crippen LogP contribution in [0.25, 0.3) is 0 Å². The van der Waals surface area contributed by atoms with Crippen molar-refractivity contribution in [1.29, 1.82) is 0 Å². The molecule has 0 radical (unpaired) electrons. The zero-order valence-corrected chi connectivity index (χ0v) is 19.5. The molecular weight excluding hydrogens is 340 g/mol. The van der Waals surface area contributed by atoms with E-state index in [4.69, 9.17) is 9.16 Å². The molecule has 150 valence electrons. The fraction of sp³-hybridized carbons (Fsp3) is 0.773. The minimum absolute atomic E-state index is 0.115. The smallest absolute Gasteiger partial charge is 0.306 e. The third-order valence-corrected chi connectivity index (χ3v) is 10.6.